The zero-order valence-corrected chi connectivity index (χ0v) is 14.3. The molecule has 0 spiro atoms. The number of nitrogens with one attached hydrogen (secondary N) is 1. The van der Waals surface area contributed by atoms with Crippen LogP contribution in [0.25, 0.3) is 0 Å². The highest BCUT2D eigenvalue weighted by Gasteiger charge is 2.26. The summed E-state index contributed by atoms with van der Waals surface area (Å²) < 4.78 is 32.7. The molecule has 0 radical (unpaired) electrons. The fraction of sp³-hybridized carbons (Fsp3) is 0.571. The average Bonchev–Trinajstić information content (AvgIpc) is 2.39. The van der Waals surface area contributed by atoms with E-state index in [1.165, 1.54) is 13.2 Å². The van der Waals surface area contributed by atoms with Gasteiger partial charge in [0.25, 0.3) is 0 Å². The summed E-state index contributed by atoms with van der Waals surface area (Å²) in [5.41, 5.74) is 6.70. The quantitative estimate of drug-likeness (QED) is 0.771. The van der Waals surface area contributed by atoms with Crippen LogP contribution >= 0.6 is 0 Å². The molecule has 1 aromatic rings. The molecule has 0 aliphatic carbocycles. The Labute approximate surface area is 127 Å². The van der Waals surface area contributed by atoms with Crippen LogP contribution in [0.5, 0.6) is 5.75 Å². The first-order chi connectivity index (χ1) is 9.51. The van der Waals surface area contributed by atoms with E-state index in [2.05, 4.69) is 4.72 Å². The number of ether oxygens (including phenoxy) is 1. The van der Waals surface area contributed by atoms with Gasteiger partial charge in [-0.3, -0.25) is 0 Å². The van der Waals surface area contributed by atoms with Crippen molar-refractivity contribution in [3.8, 4) is 5.75 Å². The minimum absolute atomic E-state index is 0.0580. The van der Waals surface area contributed by atoms with Gasteiger partial charge in [-0.2, -0.15) is 0 Å². The molecule has 7 heteroatoms. The molecule has 0 fully saturated rings. The van der Waals surface area contributed by atoms with Crippen LogP contribution in [0, 0.1) is 6.92 Å². The standard InChI is InChI=1S/C14H25N3O3S/c1-10-7-12(20-6)13(8-11(10)15)21(18,19)16-9-14(2,3)17(4)5/h7-8,16H,9,15H2,1-6H3. The lowest BCUT2D eigenvalue weighted by Gasteiger charge is -2.32. The molecule has 0 saturated carbocycles. The summed E-state index contributed by atoms with van der Waals surface area (Å²) in [6.45, 7) is 5.99. The highest BCUT2D eigenvalue weighted by atomic mass is 32.2. The molecule has 0 atom stereocenters. The van der Waals surface area contributed by atoms with Gasteiger partial charge in [0.05, 0.1) is 7.11 Å². The largest absolute Gasteiger partial charge is 0.495 e. The van der Waals surface area contributed by atoms with Crippen LogP contribution in [-0.4, -0.2) is 46.6 Å². The normalized spacial score (nSPS) is 12.7. The lowest BCUT2D eigenvalue weighted by atomic mass is 10.1. The number of benzene rings is 1. The smallest absolute Gasteiger partial charge is 0.244 e. The number of hydrogen-bond acceptors (Lipinski definition) is 5. The van der Waals surface area contributed by atoms with Gasteiger partial charge in [-0.1, -0.05) is 0 Å². The first kappa shape index (κ1) is 17.7. The van der Waals surface area contributed by atoms with Crippen LogP contribution < -0.4 is 15.2 Å². The van der Waals surface area contributed by atoms with Crippen molar-refractivity contribution < 1.29 is 13.2 Å². The van der Waals surface area contributed by atoms with Gasteiger partial charge in [-0.15, -0.1) is 0 Å². The van der Waals surface area contributed by atoms with Crippen molar-refractivity contribution in [3.05, 3.63) is 17.7 Å². The number of aryl methyl sites for hydroxylation is 1. The number of nitrogens with zero attached hydrogens (tertiary/aromatic N) is 1. The Kier molecular flexibility index (Phi) is 5.25. The summed E-state index contributed by atoms with van der Waals surface area (Å²) in [7, 11) is 1.55. The zero-order chi connectivity index (χ0) is 16.4. The van der Waals surface area contributed by atoms with Gasteiger partial charge >= 0.3 is 0 Å². The maximum absolute atomic E-state index is 12.5. The molecule has 6 nitrogen and oxygen atoms in total. The van der Waals surface area contributed by atoms with E-state index >= 15 is 0 Å². The molecule has 0 unspecified atom stereocenters. The summed E-state index contributed by atoms with van der Waals surface area (Å²) in [5.74, 6) is 0.289. The second-order valence-electron chi connectivity index (χ2n) is 5.89. The molecule has 1 rings (SSSR count). The van der Waals surface area contributed by atoms with Crippen molar-refractivity contribution in [1.29, 1.82) is 0 Å². The molecule has 0 heterocycles. The van der Waals surface area contributed by atoms with Gasteiger partial charge in [0.2, 0.25) is 10.0 Å². The monoisotopic (exact) mass is 315 g/mol. The molecule has 1 aromatic carbocycles. The minimum atomic E-state index is -3.69. The van der Waals surface area contributed by atoms with E-state index in [9.17, 15) is 8.42 Å². The molecule has 0 amide bonds. The van der Waals surface area contributed by atoms with E-state index in [0.29, 0.717) is 5.69 Å². The van der Waals surface area contributed by atoms with Crippen LogP contribution in [0.4, 0.5) is 5.69 Å². The van der Waals surface area contributed by atoms with E-state index in [1.807, 2.05) is 32.8 Å². The summed E-state index contributed by atoms with van der Waals surface area (Å²) in [6.07, 6.45) is 0. The number of nitrogen functional groups attached to an aromatic ring is 1. The van der Waals surface area contributed by atoms with Crippen molar-refractivity contribution in [2.75, 3.05) is 33.5 Å². The summed E-state index contributed by atoms with van der Waals surface area (Å²) in [6, 6.07) is 3.06. The van der Waals surface area contributed by atoms with E-state index < -0.39 is 10.0 Å². The van der Waals surface area contributed by atoms with Gasteiger partial charge in [-0.25, -0.2) is 13.1 Å². The minimum Gasteiger partial charge on any atom is -0.495 e. The molecule has 0 saturated heterocycles. The summed E-state index contributed by atoms with van der Waals surface area (Å²) >= 11 is 0. The fourth-order valence-electron chi connectivity index (χ4n) is 1.55. The molecule has 0 bridgehead atoms. The lowest BCUT2D eigenvalue weighted by Crippen LogP contribution is -2.48. The molecule has 3 N–H and O–H groups in total. The predicted molar refractivity (Wildman–Crippen MR) is 85.1 cm³/mol. The number of rotatable bonds is 6. The molecule has 0 aromatic heterocycles. The molecule has 0 aliphatic rings. The number of hydrogen-bond donors (Lipinski definition) is 2. The van der Waals surface area contributed by atoms with Crippen molar-refractivity contribution in [2.45, 2.75) is 31.2 Å². The van der Waals surface area contributed by atoms with E-state index in [-0.39, 0.29) is 22.7 Å². The third kappa shape index (κ3) is 4.09. The Morgan fingerprint density at radius 3 is 2.38 bits per heavy atom. The van der Waals surface area contributed by atoms with Crippen LogP contribution in [-0.2, 0) is 10.0 Å². The fourth-order valence-corrected chi connectivity index (χ4v) is 2.94. The summed E-state index contributed by atoms with van der Waals surface area (Å²) in [5, 5.41) is 0. The van der Waals surface area contributed by atoms with Gasteiger partial charge in [0, 0.05) is 17.8 Å². The first-order valence-electron chi connectivity index (χ1n) is 6.62. The summed E-state index contributed by atoms with van der Waals surface area (Å²) in [4.78, 5) is 2.01. The SMILES string of the molecule is COc1cc(C)c(N)cc1S(=O)(=O)NCC(C)(C)N(C)C. The molecular formula is C14H25N3O3S. The predicted octanol–water partition coefficient (Wildman–Crippen LogP) is 1.20. The maximum atomic E-state index is 12.5. The van der Waals surface area contributed by atoms with Crippen LogP contribution in [0.3, 0.4) is 0 Å². The first-order valence-corrected chi connectivity index (χ1v) is 8.11. The second-order valence-corrected chi connectivity index (χ2v) is 7.63. The van der Waals surface area contributed by atoms with E-state index in [0.717, 1.165) is 5.56 Å². The lowest BCUT2D eigenvalue weighted by molar-refractivity contribution is 0.199. The zero-order valence-electron chi connectivity index (χ0n) is 13.5. The maximum Gasteiger partial charge on any atom is 0.244 e. The average molecular weight is 315 g/mol. The van der Waals surface area contributed by atoms with E-state index in [1.54, 1.807) is 13.0 Å². The third-order valence-electron chi connectivity index (χ3n) is 3.75. The van der Waals surface area contributed by atoms with Crippen molar-refractivity contribution in [1.82, 2.24) is 9.62 Å². The number of anilines is 1. The number of nitrogens with two attached hydrogens (primary N) is 1. The Morgan fingerprint density at radius 2 is 1.90 bits per heavy atom. The van der Waals surface area contributed by atoms with Crippen molar-refractivity contribution in [2.24, 2.45) is 0 Å². The number of sulfonamides is 1. The van der Waals surface area contributed by atoms with Gasteiger partial charge in [-0.05, 0) is 52.6 Å². The Bertz CT molecular complexity index is 610. The number of methoxy groups -OCH3 is 1. The Balaban J connectivity index is 3.12. The molecule has 0 aliphatic heterocycles. The van der Waals surface area contributed by atoms with Crippen molar-refractivity contribution in [3.63, 3.8) is 0 Å². The van der Waals surface area contributed by atoms with Crippen molar-refractivity contribution >= 4 is 15.7 Å². The second kappa shape index (κ2) is 6.21. The number of likely N-dealkylation sites (N-methyl/N-ethyl adjacent to an activating group) is 1. The van der Waals surface area contributed by atoms with Crippen LogP contribution in [0.1, 0.15) is 19.4 Å². The topological polar surface area (TPSA) is 84.7 Å². The molecule has 120 valence electrons. The third-order valence-corrected chi connectivity index (χ3v) is 5.17. The Hall–Kier alpha value is -1.31. The van der Waals surface area contributed by atoms with Gasteiger partial charge in [0.15, 0.2) is 0 Å². The Morgan fingerprint density at radius 1 is 1.33 bits per heavy atom. The highest BCUT2D eigenvalue weighted by molar-refractivity contribution is 7.89. The highest BCUT2D eigenvalue weighted by Crippen LogP contribution is 2.28. The van der Waals surface area contributed by atoms with Gasteiger partial charge in [0.1, 0.15) is 10.6 Å². The molecule has 21 heavy (non-hydrogen) atoms. The van der Waals surface area contributed by atoms with Gasteiger partial charge < -0.3 is 15.4 Å². The molecular weight excluding hydrogens is 290 g/mol. The van der Waals surface area contributed by atoms with Crippen LogP contribution in [0.15, 0.2) is 17.0 Å². The van der Waals surface area contributed by atoms with E-state index in [4.69, 9.17) is 10.5 Å². The van der Waals surface area contributed by atoms with Crippen LogP contribution in [0.2, 0.25) is 0 Å².